The number of nitrogens with one attached hydrogen (secondary N) is 1. The van der Waals surface area contributed by atoms with E-state index < -0.39 is 16.4 Å². The van der Waals surface area contributed by atoms with Crippen molar-refractivity contribution >= 4 is 17.8 Å². The lowest BCUT2D eigenvalue weighted by Gasteiger charge is -2.05. The number of aromatic hydroxyl groups is 1. The number of hydrogen-bond donors (Lipinski definition) is 2. The Balaban J connectivity index is 2.10. The molecule has 0 heterocycles. The number of methoxy groups -OCH3 is 1. The van der Waals surface area contributed by atoms with E-state index in [2.05, 4.69) is 10.5 Å². The number of nitro benzene ring substituents is 1. The van der Waals surface area contributed by atoms with E-state index in [4.69, 9.17) is 4.74 Å². The third-order valence-electron chi connectivity index (χ3n) is 3.85. The fourth-order valence-electron chi connectivity index (χ4n) is 2.28. The summed E-state index contributed by atoms with van der Waals surface area (Å²) < 4.78 is 4.96. The van der Waals surface area contributed by atoms with Gasteiger partial charge >= 0.3 is 5.69 Å². The predicted octanol–water partition coefficient (Wildman–Crippen LogP) is 2.62. The van der Waals surface area contributed by atoms with Crippen molar-refractivity contribution in [1.82, 2.24) is 5.43 Å². The number of carbonyl (C=O) groups is 1. The van der Waals surface area contributed by atoms with Gasteiger partial charge in [-0.25, -0.2) is 5.43 Å². The van der Waals surface area contributed by atoms with Crippen LogP contribution in [0.15, 0.2) is 35.4 Å². The molecule has 0 atom stereocenters. The van der Waals surface area contributed by atoms with Crippen LogP contribution in [0.25, 0.3) is 0 Å². The number of hydrazone groups is 1. The molecular formula is C18H19N3O5. The smallest absolute Gasteiger partial charge is 0.315 e. The molecule has 0 spiro atoms. The summed E-state index contributed by atoms with van der Waals surface area (Å²) in [6.45, 7) is 3.95. The van der Waals surface area contributed by atoms with Crippen molar-refractivity contribution in [2.24, 2.45) is 5.10 Å². The molecule has 0 bridgehead atoms. The zero-order chi connectivity index (χ0) is 19.3. The van der Waals surface area contributed by atoms with Crippen molar-refractivity contribution in [3.05, 3.63) is 62.7 Å². The third kappa shape index (κ3) is 4.56. The van der Waals surface area contributed by atoms with Gasteiger partial charge in [-0.1, -0.05) is 18.2 Å². The molecule has 0 aromatic heterocycles. The number of nitrogens with zero attached hydrogens (tertiary/aromatic N) is 2. The van der Waals surface area contributed by atoms with Gasteiger partial charge in [-0.05, 0) is 36.6 Å². The topological polar surface area (TPSA) is 114 Å². The standard InChI is InChI=1S/C18H19N3O5/c1-11-4-5-13(6-12(11)2)7-17(22)20-19-10-14-8-15(26-3)9-16(18(14)23)21(24)25/h4-6,8-10,23H,7H2,1-3H3,(H,20,22)/b19-10-. The van der Waals surface area contributed by atoms with Crippen LogP contribution in [0.1, 0.15) is 22.3 Å². The molecule has 0 unspecified atom stereocenters. The van der Waals surface area contributed by atoms with Crippen molar-refractivity contribution in [3.63, 3.8) is 0 Å². The Morgan fingerprint density at radius 1 is 1.31 bits per heavy atom. The number of phenolic OH excluding ortho intramolecular Hbond substituents is 1. The van der Waals surface area contributed by atoms with Crippen molar-refractivity contribution in [2.75, 3.05) is 7.11 Å². The van der Waals surface area contributed by atoms with Gasteiger partial charge in [0.25, 0.3) is 0 Å². The molecule has 0 saturated heterocycles. The fraction of sp³-hybridized carbons (Fsp3) is 0.222. The Hall–Kier alpha value is -3.42. The molecule has 2 N–H and O–H groups in total. The van der Waals surface area contributed by atoms with E-state index in [1.807, 2.05) is 32.0 Å². The summed E-state index contributed by atoms with van der Waals surface area (Å²) in [6.07, 6.45) is 1.27. The summed E-state index contributed by atoms with van der Waals surface area (Å²) in [5.74, 6) is -0.707. The number of rotatable bonds is 6. The Labute approximate surface area is 150 Å². The van der Waals surface area contributed by atoms with Crippen LogP contribution in [0.3, 0.4) is 0 Å². The van der Waals surface area contributed by atoms with Gasteiger partial charge in [-0.15, -0.1) is 0 Å². The number of benzene rings is 2. The molecule has 26 heavy (non-hydrogen) atoms. The van der Waals surface area contributed by atoms with Gasteiger partial charge in [0.1, 0.15) is 5.75 Å². The second-order valence-electron chi connectivity index (χ2n) is 5.73. The first-order valence-electron chi connectivity index (χ1n) is 7.75. The van der Waals surface area contributed by atoms with Crippen molar-refractivity contribution in [1.29, 1.82) is 0 Å². The van der Waals surface area contributed by atoms with Gasteiger partial charge in [0, 0.05) is 5.56 Å². The van der Waals surface area contributed by atoms with Gasteiger partial charge in [0.2, 0.25) is 11.7 Å². The normalized spacial score (nSPS) is 10.7. The lowest BCUT2D eigenvalue weighted by atomic mass is 10.0. The average Bonchev–Trinajstić information content (AvgIpc) is 2.59. The van der Waals surface area contributed by atoms with Crippen molar-refractivity contribution in [2.45, 2.75) is 20.3 Å². The molecule has 1 amide bonds. The van der Waals surface area contributed by atoms with Crippen molar-refractivity contribution in [3.8, 4) is 11.5 Å². The van der Waals surface area contributed by atoms with E-state index in [0.717, 1.165) is 29.0 Å². The molecule has 136 valence electrons. The molecule has 0 radical (unpaired) electrons. The van der Waals surface area contributed by atoms with E-state index in [0.29, 0.717) is 0 Å². The Kier molecular flexibility index (Phi) is 5.90. The number of amides is 1. The minimum Gasteiger partial charge on any atom is -0.502 e. The first-order chi connectivity index (χ1) is 12.3. The fourth-order valence-corrected chi connectivity index (χ4v) is 2.28. The van der Waals surface area contributed by atoms with Crippen LogP contribution < -0.4 is 10.2 Å². The van der Waals surface area contributed by atoms with Crippen LogP contribution in [0.5, 0.6) is 11.5 Å². The summed E-state index contributed by atoms with van der Waals surface area (Å²) in [5.41, 5.74) is 4.97. The average molecular weight is 357 g/mol. The zero-order valence-electron chi connectivity index (χ0n) is 14.6. The minimum absolute atomic E-state index is 0.0579. The highest BCUT2D eigenvalue weighted by atomic mass is 16.6. The van der Waals surface area contributed by atoms with Crippen LogP contribution in [-0.2, 0) is 11.2 Å². The van der Waals surface area contributed by atoms with Crippen LogP contribution >= 0.6 is 0 Å². The number of aryl methyl sites for hydroxylation is 2. The Morgan fingerprint density at radius 3 is 2.65 bits per heavy atom. The van der Waals surface area contributed by atoms with E-state index in [1.165, 1.54) is 13.2 Å². The van der Waals surface area contributed by atoms with E-state index in [9.17, 15) is 20.0 Å². The van der Waals surface area contributed by atoms with Crippen LogP contribution in [-0.4, -0.2) is 29.3 Å². The van der Waals surface area contributed by atoms with Gasteiger partial charge in [-0.2, -0.15) is 5.10 Å². The van der Waals surface area contributed by atoms with Gasteiger partial charge in [-0.3, -0.25) is 14.9 Å². The van der Waals surface area contributed by atoms with Crippen LogP contribution in [0, 0.1) is 24.0 Å². The summed E-state index contributed by atoms with van der Waals surface area (Å²) >= 11 is 0. The number of hydrogen-bond acceptors (Lipinski definition) is 6. The highest BCUT2D eigenvalue weighted by Gasteiger charge is 2.18. The molecule has 0 aliphatic heterocycles. The Bertz CT molecular complexity index is 877. The maximum Gasteiger partial charge on any atom is 0.315 e. The molecule has 2 aromatic carbocycles. The lowest BCUT2D eigenvalue weighted by Crippen LogP contribution is -2.19. The van der Waals surface area contributed by atoms with E-state index in [-0.39, 0.29) is 23.6 Å². The molecule has 8 heteroatoms. The number of carbonyl (C=O) groups excluding carboxylic acids is 1. The first kappa shape index (κ1) is 18.9. The molecule has 8 nitrogen and oxygen atoms in total. The number of nitro groups is 1. The monoisotopic (exact) mass is 357 g/mol. The molecule has 0 aliphatic rings. The van der Waals surface area contributed by atoms with Crippen LogP contribution in [0.4, 0.5) is 5.69 Å². The van der Waals surface area contributed by atoms with Crippen LogP contribution in [0.2, 0.25) is 0 Å². The Morgan fingerprint density at radius 2 is 2.04 bits per heavy atom. The third-order valence-corrected chi connectivity index (χ3v) is 3.85. The van der Waals surface area contributed by atoms with Crippen molar-refractivity contribution < 1.29 is 19.6 Å². The number of ether oxygens (including phenoxy) is 1. The van der Waals surface area contributed by atoms with E-state index in [1.54, 1.807) is 0 Å². The minimum atomic E-state index is -0.729. The molecule has 2 aromatic rings. The predicted molar refractivity (Wildman–Crippen MR) is 96.7 cm³/mol. The molecule has 2 rings (SSSR count). The summed E-state index contributed by atoms with van der Waals surface area (Å²) in [5, 5.41) is 24.6. The molecule has 0 fully saturated rings. The highest BCUT2D eigenvalue weighted by molar-refractivity contribution is 5.88. The van der Waals surface area contributed by atoms with Gasteiger partial charge in [0.05, 0.1) is 30.7 Å². The van der Waals surface area contributed by atoms with E-state index >= 15 is 0 Å². The molecule has 0 saturated carbocycles. The molecular weight excluding hydrogens is 338 g/mol. The summed E-state index contributed by atoms with van der Waals surface area (Å²) in [4.78, 5) is 22.2. The summed E-state index contributed by atoms with van der Waals surface area (Å²) in [7, 11) is 1.35. The van der Waals surface area contributed by atoms with Gasteiger partial charge < -0.3 is 9.84 Å². The maximum atomic E-state index is 12.0. The quantitative estimate of drug-likeness (QED) is 0.468. The SMILES string of the molecule is COc1cc(/C=N\NC(=O)Cc2ccc(C)c(C)c2)c(O)c([N+](=O)[O-])c1. The zero-order valence-corrected chi connectivity index (χ0v) is 14.6. The number of phenols is 1. The van der Waals surface area contributed by atoms with Gasteiger partial charge in [0.15, 0.2) is 0 Å². The first-order valence-corrected chi connectivity index (χ1v) is 7.75. The second-order valence-corrected chi connectivity index (χ2v) is 5.73. The highest BCUT2D eigenvalue weighted by Crippen LogP contribution is 2.33. The molecule has 0 aliphatic carbocycles. The lowest BCUT2D eigenvalue weighted by molar-refractivity contribution is -0.385. The largest absolute Gasteiger partial charge is 0.502 e. The second kappa shape index (κ2) is 8.11. The summed E-state index contributed by atoms with van der Waals surface area (Å²) in [6, 6.07) is 8.21. The maximum absolute atomic E-state index is 12.0.